The Kier molecular flexibility index (Phi) is 7.19. The number of piperazine rings is 1. The van der Waals surface area contributed by atoms with Crippen LogP contribution in [0.5, 0.6) is 0 Å². The lowest BCUT2D eigenvalue weighted by Crippen LogP contribution is -3.28. The van der Waals surface area contributed by atoms with Gasteiger partial charge in [0.05, 0.1) is 0 Å². The van der Waals surface area contributed by atoms with Crippen molar-refractivity contribution in [2.24, 2.45) is 5.92 Å². The normalized spacial score (nSPS) is 27.2. The van der Waals surface area contributed by atoms with Gasteiger partial charge in [-0.3, -0.25) is 4.79 Å². The number of carbonyl (C=O) groups excluding carboxylic acids is 2. The number of quaternary nitrogens is 2. The van der Waals surface area contributed by atoms with Gasteiger partial charge < -0.3 is 15.1 Å². The summed E-state index contributed by atoms with van der Waals surface area (Å²) in [4.78, 5) is 29.8. The highest BCUT2D eigenvalue weighted by molar-refractivity contribution is 6.06. The van der Waals surface area contributed by atoms with Crippen molar-refractivity contribution in [3.05, 3.63) is 35.4 Å². The average Bonchev–Trinajstić information content (AvgIpc) is 2.92. The summed E-state index contributed by atoms with van der Waals surface area (Å²) < 4.78 is 0. The van der Waals surface area contributed by atoms with Crippen LogP contribution in [0.3, 0.4) is 0 Å². The fourth-order valence-electron chi connectivity index (χ4n) is 4.46. The molecule has 6 nitrogen and oxygen atoms in total. The van der Waals surface area contributed by atoms with Crippen molar-refractivity contribution >= 4 is 11.9 Å². The molecule has 2 fully saturated rings. The minimum Gasteiger partial charge on any atom is -0.323 e. The summed E-state index contributed by atoms with van der Waals surface area (Å²) in [7, 11) is 0. The lowest BCUT2D eigenvalue weighted by molar-refractivity contribution is -1.02. The Morgan fingerprint density at radius 2 is 1.60 bits per heavy atom. The van der Waals surface area contributed by atoms with Crippen molar-refractivity contribution in [2.45, 2.75) is 65.5 Å². The van der Waals surface area contributed by atoms with Crippen LogP contribution in [0.15, 0.2) is 24.3 Å². The molecular weight excluding hydrogens is 376 g/mol. The van der Waals surface area contributed by atoms with Gasteiger partial charge in [0.25, 0.3) is 5.91 Å². The lowest BCUT2D eigenvalue weighted by Gasteiger charge is -2.31. The first-order chi connectivity index (χ1) is 14.2. The maximum Gasteiger partial charge on any atom is 0.329 e. The van der Waals surface area contributed by atoms with Crippen LogP contribution in [-0.4, -0.2) is 55.2 Å². The summed E-state index contributed by atoms with van der Waals surface area (Å²) in [5.41, 5.74) is 2.03. The van der Waals surface area contributed by atoms with Crippen molar-refractivity contribution in [3.63, 3.8) is 0 Å². The Labute approximate surface area is 181 Å². The highest BCUT2D eigenvalue weighted by Gasteiger charge is 2.48. The Bertz CT molecular complexity index is 738. The zero-order valence-electron chi connectivity index (χ0n) is 19.4. The van der Waals surface area contributed by atoms with Crippen LogP contribution in [0.4, 0.5) is 4.79 Å². The zero-order valence-corrected chi connectivity index (χ0v) is 19.4. The van der Waals surface area contributed by atoms with E-state index in [0.717, 1.165) is 39.1 Å². The van der Waals surface area contributed by atoms with Gasteiger partial charge in [-0.05, 0) is 37.2 Å². The van der Waals surface area contributed by atoms with Crippen LogP contribution in [0.25, 0.3) is 0 Å². The number of amides is 3. The van der Waals surface area contributed by atoms with Gasteiger partial charge >= 0.3 is 6.03 Å². The summed E-state index contributed by atoms with van der Waals surface area (Å²) in [6, 6.07) is 8.78. The molecule has 2 heterocycles. The Morgan fingerprint density at radius 3 is 2.17 bits per heavy atom. The maximum absolute atomic E-state index is 12.9. The molecule has 1 aromatic carbocycles. The fourth-order valence-corrected chi connectivity index (χ4v) is 4.46. The molecule has 3 N–H and O–H groups in total. The Balaban J connectivity index is 1.48. The Hall–Kier alpha value is -1.92. The van der Waals surface area contributed by atoms with E-state index in [-0.39, 0.29) is 11.9 Å². The lowest BCUT2D eigenvalue weighted by atomic mass is 9.92. The molecule has 0 unspecified atom stereocenters. The first-order valence-corrected chi connectivity index (χ1v) is 11.6. The predicted molar refractivity (Wildman–Crippen MR) is 118 cm³/mol. The molecule has 1 aromatic rings. The van der Waals surface area contributed by atoms with Gasteiger partial charge in [0.2, 0.25) is 0 Å². The number of carbonyl (C=O) groups is 2. The van der Waals surface area contributed by atoms with Crippen molar-refractivity contribution < 1.29 is 19.4 Å². The molecule has 0 spiro atoms. The second-order valence-electron chi connectivity index (χ2n) is 10.2. The van der Waals surface area contributed by atoms with E-state index in [2.05, 4.69) is 57.3 Å². The van der Waals surface area contributed by atoms with Gasteiger partial charge in [0, 0.05) is 5.56 Å². The molecule has 2 saturated heterocycles. The van der Waals surface area contributed by atoms with E-state index in [9.17, 15) is 9.59 Å². The maximum atomic E-state index is 12.9. The highest BCUT2D eigenvalue weighted by Crippen LogP contribution is 2.24. The molecule has 6 heteroatoms. The van der Waals surface area contributed by atoms with Gasteiger partial charge in [-0.2, -0.15) is 0 Å². The van der Waals surface area contributed by atoms with Crippen molar-refractivity contribution in [3.8, 4) is 0 Å². The quantitative estimate of drug-likeness (QED) is 0.549. The minimum atomic E-state index is -0.740. The summed E-state index contributed by atoms with van der Waals surface area (Å²) in [5.74, 6) is 1.03. The van der Waals surface area contributed by atoms with Crippen LogP contribution in [0.2, 0.25) is 0 Å². The van der Waals surface area contributed by atoms with E-state index < -0.39 is 5.54 Å². The van der Waals surface area contributed by atoms with Crippen molar-refractivity contribution in [2.75, 3.05) is 32.8 Å². The van der Waals surface area contributed by atoms with Crippen LogP contribution >= 0.6 is 0 Å². The predicted octanol–water partition coefficient (Wildman–Crippen LogP) is 0.798. The van der Waals surface area contributed by atoms with Gasteiger partial charge in [-0.1, -0.05) is 52.0 Å². The summed E-state index contributed by atoms with van der Waals surface area (Å²) in [6.07, 6.45) is 1.64. The smallest absolute Gasteiger partial charge is 0.323 e. The Morgan fingerprint density at radius 1 is 1.00 bits per heavy atom. The molecule has 0 saturated carbocycles. The topological polar surface area (TPSA) is 58.3 Å². The van der Waals surface area contributed by atoms with E-state index in [1.54, 1.807) is 4.90 Å². The monoisotopic (exact) mass is 416 g/mol. The third-order valence-electron chi connectivity index (χ3n) is 6.71. The number of nitrogens with zero attached hydrogens (tertiary/aromatic N) is 1. The van der Waals surface area contributed by atoms with Crippen molar-refractivity contribution in [1.29, 1.82) is 0 Å². The number of hydrogen-bond donors (Lipinski definition) is 3. The molecule has 0 aliphatic carbocycles. The molecule has 1 atom stereocenters. The third-order valence-corrected chi connectivity index (χ3v) is 6.71. The van der Waals surface area contributed by atoms with Crippen LogP contribution < -0.4 is 15.1 Å². The standard InChI is InChI=1S/C24H38N4O2/c1-18(2)10-11-24(5)22(29)28(23(30)25-24)17-27-14-12-26(13-15-27)16-20-6-8-21(9-7-20)19(3)4/h6-9,18-19H,10-17H2,1-5H3,(H,25,30)/p+2/t24-/m1/s1. The number of rotatable bonds is 8. The van der Waals surface area contributed by atoms with E-state index >= 15 is 0 Å². The third kappa shape index (κ3) is 5.41. The summed E-state index contributed by atoms with van der Waals surface area (Å²) in [6.45, 7) is 16.2. The number of hydrogen-bond acceptors (Lipinski definition) is 2. The minimum absolute atomic E-state index is 0.0549. The first-order valence-electron chi connectivity index (χ1n) is 11.6. The van der Waals surface area contributed by atoms with Crippen LogP contribution in [0, 0.1) is 5.92 Å². The average molecular weight is 417 g/mol. The molecule has 2 aliphatic heterocycles. The molecule has 2 aliphatic rings. The van der Waals surface area contributed by atoms with Crippen LogP contribution in [0.1, 0.15) is 64.5 Å². The molecule has 0 aromatic heterocycles. The first kappa shape index (κ1) is 22.8. The van der Waals surface area contributed by atoms with Crippen LogP contribution in [-0.2, 0) is 11.3 Å². The van der Waals surface area contributed by atoms with E-state index in [0.29, 0.717) is 24.9 Å². The zero-order chi connectivity index (χ0) is 21.9. The second-order valence-corrected chi connectivity index (χ2v) is 10.2. The highest BCUT2D eigenvalue weighted by atomic mass is 16.2. The number of urea groups is 1. The molecule has 3 amide bonds. The van der Waals surface area contributed by atoms with E-state index in [4.69, 9.17) is 0 Å². The fraction of sp³-hybridized carbons (Fsp3) is 0.667. The van der Waals surface area contributed by atoms with Crippen molar-refractivity contribution in [1.82, 2.24) is 10.2 Å². The summed E-state index contributed by atoms with van der Waals surface area (Å²) >= 11 is 0. The van der Waals surface area contributed by atoms with Gasteiger partial charge in [0.1, 0.15) is 38.3 Å². The molecular formula is C24H40N4O2+2. The number of nitrogens with one attached hydrogen (secondary N) is 3. The molecule has 30 heavy (non-hydrogen) atoms. The second kappa shape index (κ2) is 9.48. The van der Waals surface area contributed by atoms with E-state index in [1.807, 2.05) is 6.92 Å². The molecule has 0 bridgehead atoms. The van der Waals surface area contributed by atoms with Gasteiger partial charge in [-0.15, -0.1) is 0 Å². The van der Waals surface area contributed by atoms with Gasteiger partial charge in [-0.25, -0.2) is 9.69 Å². The number of benzene rings is 1. The number of imide groups is 1. The molecule has 166 valence electrons. The van der Waals surface area contributed by atoms with Gasteiger partial charge in [0.15, 0.2) is 6.67 Å². The SMILES string of the molecule is CC(C)CC[C@@]1(C)NC(=O)N(C[NH+]2CC[NH+](Cc3ccc(C(C)C)cc3)CC2)C1=O. The molecule has 0 radical (unpaired) electrons. The molecule has 3 rings (SSSR count). The largest absolute Gasteiger partial charge is 0.329 e. The summed E-state index contributed by atoms with van der Waals surface area (Å²) in [5, 5.41) is 2.95. The van der Waals surface area contributed by atoms with E-state index in [1.165, 1.54) is 20.9 Å².